The number of benzene rings is 1. The summed E-state index contributed by atoms with van der Waals surface area (Å²) in [5.41, 5.74) is 0.636. The van der Waals surface area contributed by atoms with Crippen LogP contribution in [0.4, 0.5) is 21.0 Å². The lowest BCUT2D eigenvalue weighted by Gasteiger charge is -2.22. The average Bonchev–Trinajstić information content (AvgIpc) is 2.82. The fourth-order valence-electron chi connectivity index (χ4n) is 3.11. The Balaban J connectivity index is 2.82. The van der Waals surface area contributed by atoms with Crippen molar-refractivity contribution in [1.29, 1.82) is 0 Å². The van der Waals surface area contributed by atoms with Crippen LogP contribution in [-0.4, -0.2) is 49.3 Å². The molecule has 0 radical (unpaired) electrons. The number of rotatable bonds is 14. The Morgan fingerprint density at radius 1 is 0.694 bits per heavy atom. The van der Waals surface area contributed by atoms with Crippen LogP contribution in [0.3, 0.4) is 0 Å². The summed E-state index contributed by atoms with van der Waals surface area (Å²) in [6, 6.07) is 3.73. The Bertz CT molecular complexity index is 790. The van der Waals surface area contributed by atoms with E-state index in [1.807, 2.05) is 41.5 Å². The lowest BCUT2D eigenvalue weighted by molar-refractivity contribution is -0.148. The maximum atomic E-state index is 12.7. The Morgan fingerprint density at radius 3 is 1.36 bits per heavy atom. The molecule has 0 fully saturated rings. The van der Waals surface area contributed by atoms with Crippen LogP contribution in [0, 0.1) is 11.8 Å². The van der Waals surface area contributed by atoms with Crippen molar-refractivity contribution in [3.05, 3.63) is 24.3 Å². The van der Waals surface area contributed by atoms with Gasteiger partial charge in [0.25, 0.3) is 0 Å². The third-order valence-corrected chi connectivity index (χ3v) is 5.32. The number of amides is 4. The van der Waals surface area contributed by atoms with E-state index in [-0.39, 0.29) is 11.8 Å². The average molecular weight is 507 g/mol. The zero-order valence-corrected chi connectivity index (χ0v) is 22.3. The summed E-state index contributed by atoms with van der Waals surface area (Å²) in [5, 5.41) is 10.6. The van der Waals surface area contributed by atoms with Crippen LogP contribution in [0.25, 0.3) is 0 Å². The first-order valence-electron chi connectivity index (χ1n) is 12.7. The maximum absolute atomic E-state index is 12.7. The van der Waals surface area contributed by atoms with Crippen molar-refractivity contribution < 1.29 is 28.7 Å². The molecule has 0 aromatic heterocycles. The molecule has 0 aliphatic carbocycles. The van der Waals surface area contributed by atoms with Gasteiger partial charge < -0.3 is 30.7 Å². The van der Waals surface area contributed by atoms with Crippen molar-refractivity contribution >= 4 is 35.4 Å². The zero-order valence-electron chi connectivity index (χ0n) is 22.3. The molecule has 2 atom stereocenters. The summed E-state index contributed by atoms with van der Waals surface area (Å²) in [5.74, 6) is -1.36. The number of anilines is 2. The van der Waals surface area contributed by atoms with Crippen LogP contribution >= 0.6 is 0 Å². The van der Waals surface area contributed by atoms with E-state index >= 15 is 0 Å². The van der Waals surface area contributed by atoms with Gasteiger partial charge in [-0.2, -0.15) is 0 Å². The number of hydrogen-bond donors (Lipinski definition) is 4. The van der Waals surface area contributed by atoms with Gasteiger partial charge in [0, 0.05) is 0 Å². The molecule has 0 saturated heterocycles. The number of carbonyl (C=O) groups is 4. The van der Waals surface area contributed by atoms with Crippen molar-refractivity contribution in [1.82, 2.24) is 10.6 Å². The van der Waals surface area contributed by atoms with E-state index in [4.69, 9.17) is 9.47 Å². The van der Waals surface area contributed by atoms with Gasteiger partial charge in [0.1, 0.15) is 12.1 Å². The monoisotopic (exact) mass is 506 g/mol. The van der Waals surface area contributed by atoms with Gasteiger partial charge >= 0.3 is 24.0 Å². The summed E-state index contributed by atoms with van der Waals surface area (Å²) in [6.07, 6.45) is 3.28. The molecule has 4 amide bonds. The van der Waals surface area contributed by atoms with Crippen molar-refractivity contribution in [3.8, 4) is 0 Å². The van der Waals surface area contributed by atoms with Gasteiger partial charge in [-0.3, -0.25) is 0 Å². The van der Waals surface area contributed by atoms with Crippen molar-refractivity contribution in [2.45, 2.75) is 79.3 Å². The van der Waals surface area contributed by atoms with Gasteiger partial charge in [-0.15, -0.1) is 0 Å². The number of carbonyl (C=O) groups excluding carboxylic acids is 4. The van der Waals surface area contributed by atoms with E-state index in [1.165, 1.54) is 0 Å². The minimum Gasteiger partial charge on any atom is -0.464 e. The summed E-state index contributed by atoms with van der Waals surface area (Å²) in [7, 11) is 0. The van der Waals surface area contributed by atoms with Gasteiger partial charge in [-0.05, 0) is 36.8 Å². The Kier molecular flexibility index (Phi) is 14.0. The second kappa shape index (κ2) is 16.4. The number of esters is 2. The number of hydrogen-bond acceptors (Lipinski definition) is 6. The van der Waals surface area contributed by atoms with E-state index in [9.17, 15) is 19.2 Å². The van der Waals surface area contributed by atoms with Gasteiger partial charge in [0.05, 0.1) is 24.6 Å². The molecule has 10 nitrogen and oxygen atoms in total. The second-order valence-electron chi connectivity index (χ2n) is 9.23. The normalized spacial score (nSPS) is 12.4. The third-order valence-electron chi connectivity index (χ3n) is 5.32. The minimum atomic E-state index is -0.823. The standard InChI is InChI=1S/C26H42N4O6/c1-7-9-15-35-23(31)21(17(3)4)29-25(33)27-19-13-11-12-14-20(19)28-26(34)30-22(18(5)6)24(32)36-16-10-8-2/h11-14,17-18,21-22H,7-10,15-16H2,1-6H3,(H2,27,29,33)(H2,28,30,34)/t21-,22-/m1/s1. The molecule has 36 heavy (non-hydrogen) atoms. The fourth-order valence-corrected chi connectivity index (χ4v) is 3.11. The van der Waals surface area contributed by atoms with E-state index in [0.29, 0.717) is 24.6 Å². The van der Waals surface area contributed by atoms with Crippen LogP contribution in [-0.2, 0) is 19.1 Å². The highest BCUT2D eigenvalue weighted by atomic mass is 16.5. The highest BCUT2D eigenvalue weighted by molar-refractivity contribution is 6.00. The van der Waals surface area contributed by atoms with Crippen LogP contribution < -0.4 is 21.3 Å². The predicted octanol–water partition coefficient (Wildman–Crippen LogP) is 4.67. The Labute approximate surface area is 214 Å². The topological polar surface area (TPSA) is 135 Å². The van der Waals surface area contributed by atoms with E-state index in [0.717, 1.165) is 25.7 Å². The van der Waals surface area contributed by atoms with E-state index < -0.39 is 36.1 Å². The molecule has 0 saturated carbocycles. The van der Waals surface area contributed by atoms with Gasteiger partial charge in [-0.25, -0.2) is 19.2 Å². The first-order chi connectivity index (χ1) is 17.1. The van der Waals surface area contributed by atoms with Crippen LogP contribution in [0.15, 0.2) is 24.3 Å². The first kappa shape index (κ1) is 30.7. The van der Waals surface area contributed by atoms with E-state index in [2.05, 4.69) is 21.3 Å². The fraction of sp³-hybridized carbons (Fsp3) is 0.615. The van der Waals surface area contributed by atoms with Gasteiger partial charge in [0.2, 0.25) is 0 Å². The summed E-state index contributed by atoms with van der Waals surface area (Å²) >= 11 is 0. The summed E-state index contributed by atoms with van der Waals surface area (Å²) in [6.45, 7) is 11.8. The van der Waals surface area contributed by atoms with Crippen molar-refractivity contribution in [2.75, 3.05) is 23.8 Å². The number of urea groups is 2. The van der Waals surface area contributed by atoms with Gasteiger partial charge in [0.15, 0.2) is 0 Å². The molecule has 0 unspecified atom stereocenters. The van der Waals surface area contributed by atoms with Crippen LogP contribution in [0.5, 0.6) is 0 Å². The molecule has 0 heterocycles. The minimum absolute atomic E-state index is 0.186. The second-order valence-corrected chi connectivity index (χ2v) is 9.23. The van der Waals surface area contributed by atoms with Crippen molar-refractivity contribution in [3.63, 3.8) is 0 Å². The Hall–Kier alpha value is -3.30. The number of unbranched alkanes of at least 4 members (excludes halogenated alkanes) is 2. The quantitative estimate of drug-likeness (QED) is 0.214. The Morgan fingerprint density at radius 2 is 1.06 bits per heavy atom. The molecule has 0 spiro atoms. The predicted molar refractivity (Wildman–Crippen MR) is 140 cm³/mol. The highest BCUT2D eigenvalue weighted by Crippen LogP contribution is 2.21. The molecule has 0 aliphatic rings. The number of para-hydroxylation sites is 2. The first-order valence-corrected chi connectivity index (χ1v) is 12.7. The molecule has 1 aromatic carbocycles. The summed E-state index contributed by atoms with van der Waals surface area (Å²) < 4.78 is 10.5. The molecular formula is C26H42N4O6. The largest absolute Gasteiger partial charge is 0.464 e. The lowest BCUT2D eigenvalue weighted by Crippen LogP contribution is -2.47. The molecule has 10 heteroatoms. The number of nitrogens with one attached hydrogen (secondary N) is 4. The van der Waals surface area contributed by atoms with Crippen LogP contribution in [0.2, 0.25) is 0 Å². The zero-order chi connectivity index (χ0) is 27.1. The molecule has 1 rings (SSSR count). The smallest absolute Gasteiger partial charge is 0.328 e. The van der Waals surface area contributed by atoms with Gasteiger partial charge in [-0.1, -0.05) is 66.5 Å². The SMILES string of the molecule is CCCCOC(=O)[C@H](NC(=O)Nc1ccccc1NC(=O)N[C@@H](C(=O)OCCCC)C(C)C)C(C)C. The lowest BCUT2D eigenvalue weighted by atomic mass is 10.1. The molecule has 4 N–H and O–H groups in total. The third kappa shape index (κ3) is 11.0. The van der Waals surface area contributed by atoms with E-state index in [1.54, 1.807) is 24.3 Å². The highest BCUT2D eigenvalue weighted by Gasteiger charge is 2.27. The van der Waals surface area contributed by atoms with Crippen LogP contribution in [0.1, 0.15) is 67.2 Å². The molecule has 0 bridgehead atoms. The maximum Gasteiger partial charge on any atom is 0.328 e. The molecule has 1 aromatic rings. The van der Waals surface area contributed by atoms with Crippen molar-refractivity contribution in [2.24, 2.45) is 11.8 Å². The molecular weight excluding hydrogens is 464 g/mol. The molecule has 0 aliphatic heterocycles. The number of ether oxygens (including phenoxy) is 2. The molecule has 202 valence electrons. The summed E-state index contributed by atoms with van der Waals surface area (Å²) in [4.78, 5) is 50.1.